The lowest BCUT2D eigenvalue weighted by Crippen LogP contribution is -2.32. The number of nitrogens with one attached hydrogen (secondary N) is 1. The Hall–Kier alpha value is -0.900. The molecular weight excluding hydrogens is 170 g/mol. The van der Waals surface area contributed by atoms with Crippen molar-refractivity contribution in [3.05, 3.63) is 0 Å². The zero-order valence-corrected chi connectivity index (χ0v) is 8.42. The number of ketones is 1. The molecule has 1 atom stereocenters. The van der Waals surface area contributed by atoms with Crippen molar-refractivity contribution in [1.82, 2.24) is 5.32 Å². The lowest BCUT2D eigenvalue weighted by Gasteiger charge is -2.11. The number of likely N-dealkylation sites (N-methyl/N-ethyl adjacent to an activating group) is 1. The second kappa shape index (κ2) is 6.60. The molecule has 0 saturated heterocycles. The Kier molecular flexibility index (Phi) is 6.14. The van der Waals surface area contributed by atoms with E-state index < -0.39 is 0 Å². The van der Waals surface area contributed by atoms with Gasteiger partial charge in [0, 0.05) is 6.42 Å². The van der Waals surface area contributed by atoms with Crippen molar-refractivity contribution in [2.75, 3.05) is 13.7 Å². The molecule has 0 bridgehead atoms. The predicted molar refractivity (Wildman–Crippen MR) is 49.4 cm³/mol. The van der Waals surface area contributed by atoms with Crippen LogP contribution in [0.5, 0.6) is 0 Å². The molecule has 0 spiro atoms. The highest BCUT2D eigenvalue weighted by molar-refractivity contribution is 5.82. The molecule has 1 N–H and O–H groups in total. The Balaban J connectivity index is 3.72. The van der Waals surface area contributed by atoms with Crippen molar-refractivity contribution >= 4 is 11.8 Å². The van der Waals surface area contributed by atoms with Crippen LogP contribution in [0.15, 0.2) is 0 Å². The van der Waals surface area contributed by atoms with Gasteiger partial charge in [0.1, 0.15) is 5.78 Å². The molecule has 13 heavy (non-hydrogen) atoms. The van der Waals surface area contributed by atoms with Gasteiger partial charge in [-0.3, -0.25) is 9.59 Å². The Bertz CT molecular complexity index is 180. The van der Waals surface area contributed by atoms with E-state index in [9.17, 15) is 9.59 Å². The summed E-state index contributed by atoms with van der Waals surface area (Å²) in [6.45, 7) is 3.66. The van der Waals surface area contributed by atoms with Crippen LogP contribution in [0, 0.1) is 0 Å². The van der Waals surface area contributed by atoms with Crippen molar-refractivity contribution in [3.63, 3.8) is 0 Å². The highest BCUT2D eigenvalue weighted by atomic mass is 16.5. The van der Waals surface area contributed by atoms with Crippen molar-refractivity contribution in [1.29, 1.82) is 0 Å². The van der Waals surface area contributed by atoms with Gasteiger partial charge < -0.3 is 10.1 Å². The maximum absolute atomic E-state index is 10.9. The van der Waals surface area contributed by atoms with E-state index in [4.69, 9.17) is 4.74 Å². The van der Waals surface area contributed by atoms with Gasteiger partial charge in [-0.15, -0.1) is 0 Å². The van der Waals surface area contributed by atoms with Gasteiger partial charge in [0.2, 0.25) is 0 Å². The van der Waals surface area contributed by atoms with Gasteiger partial charge in [-0.1, -0.05) is 0 Å². The fraction of sp³-hybridized carbons (Fsp3) is 0.778. The third-order valence-electron chi connectivity index (χ3n) is 1.78. The first-order valence-corrected chi connectivity index (χ1v) is 4.45. The molecule has 4 nitrogen and oxygen atoms in total. The minimum Gasteiger partial charge on any atom is -0.466 e. The average molecular weight is 187 g/mol. The third-order valence-corrected chi connectivity index (χ3v) is 1.78. The molecule has 0 aromatic heterocycles. The van der Waals surface area contributed by atoms with Crippen molar-refractivity contribution < 1.29 is 14.3 Å². The second-order valence-corrected chi connectivity index (χ2v) is 2.80. The van der Waals surface area contributed by atoms with Crippen LogP contribution in [0.25, 0.3) is 0 Å². The molecule has 0 aromatic carbocycles. The predicted octanol–water partition coefficient (Wildman–Crippen LogP) is 0.507. The summed E-state index contributed by atoms with van der Waals surface area (Å²) in [5.74, 6) is -0.198. The average Bonchev–Trinajstić information content (AvgIpc) is 2.05. The van der Waals surface area contributed by atoms with E-state index in [-0.39, 0.29) is 17.8 Å². The largest absolute Gasteiger partial charge is 0.466 e. The van der Waals surface area contributed by atoms with Crippen LogP contribution in [0.4, 0.5) is 0 Å². The zero-order valence-electron chi connectivity index (χ0n) is 8.42. The number of esters is 1. The number of ether oxygens (including phenoxy) is 1. The van der Waals surface area contributed by atoms with Crippen molar-refractivity contribution in [2.45, 2.75) is 32.7 Å². The second-order valence-electron chi connectivity index (χ2n) is 2.80. The molecule has 0 amide bonds. The number of carbonyl (C=O) groups is 2. The summed E-state index contributed by atoms with van der Waals surface area (Å²) >= 11 is 0. The normalized spacial score (nSPS) is 12.2. The van der Waals surface area contributed by atoms with Crippen LogP contribution in [0.3, 0.4) is 0 Å². The summed E-state index contributed by atoms with van der Waals surface area (Å²) in [7, 11) is 1.71. The minimum atomic E-state index is -0.246. The summed E-state index contributed by atoms with van der Waals surface area (Å²) in [6, 6.07) is -0.232. The van der Waals surface area contributed by atoms with Gasteiger partial charge in [-0.25, -0.2) is 0 Å². The lowest BCUT2D eigenvalue weighted by molar-refractivity contribution is -0.143. The first-order chi connectivity index (χ1) is 6.11. The summed E-state index contributed by atoms with van der Waals surface area (Å²) < 4.78 is 4.74. The molecule has 0 aliphatic carbocycles. The number of hydrogen-bond acceptors (Lipinski definition) is 4. The van der Waals surface area contributed by atoms with Gasteiger partial charge in [0.25, 0.3) is 0 Å². The fourth-order valence-corrected chi connectivity index (χ4v) is 1.05. The Morgan fingerprint density at radius 2 is 2.08 bits per heavy atom. The lowest BCUT2D eigenvalue weighted by atomic mass is 10.1. The SMILES string of the molecule is CCOC(=O)CC[C@H](NC)C(C)=O. The van der Waals surface area contributed by atoms with Gasteiger partial charge >= 0.3 is 5.97 Å². The molecule has 0 radical (unpaired) electrons. The molecule has 4 heteroatoms. The van der Waals surface area contributed by atoms with Crippen molar-refractivity contribution in [3.8, 4) is 0 Å². The molecule has 76 valence electrons. The van der Waals surface area contributed by atoms with E-state index in [0.717, 1.165) is 0 Å². The van der Waals surface area contributed by atoms with Gasteiger partial charge in [-0.2, -0.15) is 0 Å². The third kappa shape index (κ3) is 5.36. The molecule has 0 rings (SSSR count). The van der Waals surface area contributed by atoms with E-state index >= 15 is 0 Å². The summed E-state index contributed by atoms with van der Waals surface area (Å²) in [5.41, 5.74) is 0. The topological polar surface area (TPSA) is 55.4 Å². The van der Waals surface area contributed by atoms with Crippen LogP contribution in [-0.4, -0.2) is 31.4 Å². The molecule has 0 aromatic rings. The highest BCUT2D eigenvalue weighted by Crippen LogP contribution is 1.99. The van der Waals surface area contributed by atoms with Gasteiger partial charge in [-0.05, 0) is 27.3 Å². The first kappa shape index (κ1) is 12.1. The number of carbonyl (C=O) groups excluding carboxylic acids is 2. The number of rotatable bonds is 6. The van der Waals surface area contributed by atoms with E-state index in [0.29, 0.717) is 19.4 Å². The summed E-state index contributed by atoms with van der Waals surface area (Å²) in [6.07, 6.45) is 0.795. The Morgan fingerprint density at radius 3 is 2.46 bits per heavy atom. The molecule has 0 heterocycles. The molecule has 0 saturated carbocycles. The van der Waals surface area contributed by atoms with E-state index in [1.54, 1.807) is 14.0 Å². The fourth-order valence-electron chi connectivity index (χ4n) is 1.05. The number of Topliss-reactive ketones (excluding diaryl/α,β-unsaturated/α-hetero) is 1. The first-order valence-electron chi connectivity index (χ1n) is 4.45. The van der Waals surface area contributed by atoms with Crippen molar-refractivity contribution in [2.24, 2.45) is 0 Å². The number of hydrogen-bond donors (Lipinski definition) is 1. The van der Waals surface area contributed by atoms with Gasteiger partial charge in [0.05, 0.1) is 12.6 Å². The Morgan fingerprint density at radius 1 is 1.46 bits per heavy atom. The van der Waals surface area contributed by atoms with Crippen LogP contribution in [-0.2, 0) is 14.3 Å². The van der Waals surface area contributed by atoms with Crippen LogP contribution < -0.4 is 5.32 Å². The molecular formula is C9H17NO3. The summed E-state index contributed by atoms with van der Waals surface area (Å²) in [5, 5.41) is 2.84. The van der Waals surface area contributed by atoms with Crippen LogP contribution >= 0.6 is 0 Å². The smallest absolute Gasteiger partial charge is 0.305 e. The Labute approximate surface area is 78.6 Å². The van der Waals surface area contributed by atoms with E-state index in [1.807, 2.05) is 0 Å². The van der Waals surface area contributed by atoms with Crippen LogP contribution in [0.2, 0.25) is 0 Å². The molecule has 0 fully saturated rings. The zero-order chi connectivity index (χ0) is 10.3. The maximum Gasteiger partial charge on any atom is 0.305 e. The van der Waals surface area contributed by atoms with E-state index in [1.165, 1.54) is 6.92 Å². The molecule has 0 aliphatic heterocycles. The molecule has 0 unspecified atom stereocenters. The highest BCUT2D eigenvalue weighted by Gasteiger charge is 2.13. The van der Waals surface area contributed by atoms with E-state index in [2.05, 4.69) is 5.32 Å². The summed E-state index contributed by atoms with van der Waals surface area (Å²) in [4.78, 5) is 21.9. The minimum absolute atomic E-state index is 0.0480. The molecule has 0 aliphatic rings. The van der Waals surface area contributed by atoms with Crippen LogP contribution in [0.1, 0.15) is 26.7 Å². The van der Waals surface area contributed by atoms with Gasteiger partial charge in [0.15, 0.2) is 0 Å². The maximum atomic E-state index is 10.9. The monoisotopic (exact) mass is 187 g/mol. The standard InChI is InChI=1S/C9H17NO3/c1-4-13-9(12)6-5-8(10-3)7(2)11/h8,10H,4-6H2,1-3H3/t8-/m0/s1. The quantitative estimate of drug-likeness (QED) is 0.615.